The van der Waals surface area contributed by atoms with Gasteiger partial charge in [-0.05, 0) is 40.0 Å². The van der Waals surface area contributed by atoms with Crippen LogP contribution in [0.2, 0.25) is 0 Å². The fraction of sp³-hybridized carbons (Fsp3) is 0.778. The second kappa shape index (κ2) is 13.4. The number of unbranched alkanes of at least 4 members (excludes halogenated alkanes) is 2. The molecule has 7 heteroatoms. The highest BCUT2D eigenvalue weighted by molar-refractivity contribution is 5.84. The highest BCUT2D eigenvalue weighted by atomic mass is 16.2. The predicted octanol–water partition coefficient (Wildman–Crippen LogP) is 1.41. The number of nitrogens with zero attached hydrogens (tertiary/aromatic N) is 1. The van der Waals surface area contributed by atoms with Crippen molar-refractivity contribution in [3.63, 3.8) is 0 Å². The van der Waals surface area contributed by atoms with Gasteiger partial charge in [-0.25, -0.2) is 0 Å². The lowest BCUT2D eigenvalue weighted by molar-refractivity contribution is -0.134. The molecule has 7 nitrogen and oxygen atoms in total. The number of hydrogen-bond acceptors (Lipinski definition) is 4. The lowest BCUT2D eigenvalue weighted by Crippen LogP contribution is -2.43. The Labute approximate surface area is 150 Å². The Morgan fingerprint density at radius 3 is 2.20 bits per heavy atom. The van der Waals surface area contributed by atoms with E-state index in [9.17, 15) is 19.2 Å². The lowest BCUT2D eigenvalue weighted by atomic mass is 10.1. The van der Waals surface area contributed by atoms with E-state index in [-0.39, 0.29) is 36.1 Å². The van der Waals surface area contributed by atoms with Crippen LogP contribution in [-0.4, -0.2) is 54.1 Å². The molecule has 0 aliphatic heterocycles. The molecule has 0 radical (unpaired) electrons. The van der Waals surface area contributed by atoms with Crippen molar-refractivity contribution in [2.24, 2.45) is 0 Å². The maximum atomic E-state index is 11.9. The van der Waals surface area contributed by atoms with Crippen molar-refractivity contribution in [2.75, 3.05) is 19.6 Å². The number of hydrogen-bond donors (Lipinski definition) is 2. The molecule has 3 amide bonds. The van der Waals surface area contributed by atoms with Gasteiger partial charge >= 0.3 is 0 Å². The highest BCUT2D eigenvalue weighted by Crippen LogP contribution is 2.01. The first-order chi connectivity index (χ1) is 11.8. The van der Waals surface area contributed by atoms with Crippen LogP contribution in [0.5, 0.6) is 0 Å². The van der Waals surface area contributed by atoms with Crippen LogP contribution in [0.4, 0.5) is 0 Å². The Bertz CT molecular complexity index is 452. The summed E-state index contributed by atoms with van der Waals surface area (Å²) in [6.07, 6.45) is 4.15. The first-order valence-electron chi connectivity index (χ1n) is 9.07. The van der Waals surface area contributed by atoms with Gasteiger partial charge < -0.3 is 20.3 Å². The maximum Gasteiger partial charge on any atom is 0.239 e. The van der Waals surface area contributed by atoms with E-state index in [1.54, 1.807) is 6.92 Å². The number of carbonyl (C=O) groups is 4. The number of amides is 3. The zero-order chi connectivity index (χ0) is 19.2. The largest absolute Gasteiger partial charge is 0.356 e. The lowest BCUT2D eigenvalue weighted by Gasteiger charge is -2.20. The Morgan fingerprint density at radius 1 is 0.960 bits per heavy atom. The summed E-state index contributed by atoms with van der Waals surface area (Å²) in [4.78, 5) is 47.2. The molecule has 0 aliphatic carbocycles. The molecular formula is C18H33N3O4. The average molecular weight is 355 g/mol. The Kier molecular flexibility index (Phi) is 12.4. The SMILES string of the molecule is CCN(CC(=O)N[C@@H](C)CCC(=O)NCCCCCC(C)=O)C(C)=O. The molecule has 0 spiro atoms. The van der Waals surface area contributed by atoms with E-state index in [4.69, 9.17) is 0 Å². The minimum Gasteiger partial charge on any atom is -0.356 e. The number of rotatable bonds is 13. The summed E-state index contributed by atoms with van der Waals surface area (Å²) in [6, 6.07) is -0.125. The molecule has 0 rings (SSSR count). The van der Waals surface area contributed by atoms with Crippen molar-refractivity contribution in [3.8, 4) is 0 Å². The first-order valence-corrected chi connectivity index (χ1v) is 9.07. The van der Waals surface area contributed by atoms with E-state index in [2.05, 4.69) is 10.6 Å². The van der Waals surface area contributed by atoms with Gasteiger partial charge in [0, 0.05) is 38.9 Å². The van der Waals surface area contributed by atoms with Gasteiger partial charge in [-0.3, -0.25) is 14.4 Å². The number of carbonyl (C=O) groups excluding carboxylic acids is 4. The van der Waals surface area contributed by atoms with Gasteiger partial charge in [-0.2, -0.15) is 0 Å². The minimum atomic E-state index is -0.213. The summed E-state index contributed by atoms with van der Waals surface area (Å²) >= 11 is 0. The van der Waals surface area contributed by atoms with E-state index in [1.165, 1.54) is 11.8 Å². The van der Waals surface area contributed by atoms with Crippen LogP contribution in [0.25, 0.3) is 0 Å². The number of likely N-dealkylation sites (N-methyl/N-ethyl adjacent to an activating group) is 1. The van der Waals surface area contributed by atoms with Crippen molar-refractivity contribution in [3.05, 3.63) is 0 Å². The maximum absolute atomic E-state index is 11.9. The molecular weight excluding hydrogens is 322 g/mol. The summed E-state index contributed by atoms with van der Waals surface area (Å²) in [5, 5.41) is 5.65. The molecule has 0 aromatic carbocycles. The van der Waals surface area contributed by atoms with Gasteiger partial charge in [-0.15, -0.1) is 0 Å². The fourth-order valence-electron chi connectivity index (χ4n) is 2.35. The standard InChI is InChI=1S/C18H33N3O4/c1-5-21(16(4)23)13-18(25)20-14(2)10-11-17(24)19-12-8-6-7-9-15(3)22/h14H,5-13H2,1-4H3,(H,19,24)(H,20,25)/t14-/m0/s1. The van der Waals surface area contributed by atoms with Crippen LogP contribution in [0.3, 0.4) is 0 Å². The van der Waals surface area contributed by atoms with Crippen LogP contribution >= 0.6 is 0 Å². The molecule has 1 atom stereocenters. The van der Waals surface area contributed by atoms with Crippen LogP contribution in [-0.2, 0) is 19.2 Å². The molecule has 25 heavy (non-hydrogen) atoms. The predicted molar refractivity (Wildman–Crippen MR) is 96.9 cm³/mol. The number of nitrogens with one attached hydrogen (secondary N) is 2. The van der Waals surface area contributed by atoms with Crippen LogP contribution < -0.4 is 10.6 Å². The van der Waals surface area contributed by atoms with Gasteiger partial charge in [0.15, 0.2) is 0 Å². The van der Waals surface area contributed by atoms with Crippen molar-refractivity contribution in [1.29, 1.82) is 0 Å². The second-order valence-electron chi connectivity index (χ2n) is 6.40. The molecule has 0 saturated carbocycles. The summed E-state index contributed by atoms with van der Waals surface area (Å²) < 4.78 is 0. The van der Waals surface area contributed by atoms with E-state index in [0.717, 1.165) is 19.3 Å². The van der Waals surface area contributed by atoms with Crippen LogP contribution in [0.1, 0.15) is 66.2 Å². The molecule has 0 aromatic heterocycles. The topological polar surface area (TPSA) is 95.6 Å². The Balaban J connectivity index is 3.81. The van der Waals surface area contributed by atoms with Gasteiger partial charge in [-0.1, -0.05) is 6.42 Å². The van der Waals surface area contributed by atoms with Gasteiger partial charge in [0.2, 0.25) is 17.7 Å². The monoisotopic (exact) mass is 355 g/mol. The summed E-state index contributed by atoms with van der Waals surface area (Å²) in [6.45, 7) is 7.84. The third-order valence-electron chi connectivity index (χ3n) is 3.90. The number of Topliss-reactive ketones (excluding diaryl/α,β-unsaturated/α-hetero) is 1. The van der Waals surface area contributed by atoms with E-state index in [1.807, 2.05) is 13.8 Å². The molecule has 0 aromatic rings. The van der Waals surface area contributed by atoms with Crippen LogP contribution in [0.15, 0.2) is 0 Å². The second-order valence-corrected chi connectivity index (χ2v) is 6.40. The van der Waals surface area contributed by atoms with Crippen molar-refractivity contribution >= 4 is 23.5 Å². The van der Waals surface area contributed by atoms with E-state index >= 15 is 0 Å². The molecule has 0 unspecified atom stereocenters. The van der Waals surface area contributed by atoms with Crippen LogP contribution in [0, 0.1) is 0 Å². The fourth-order valence-corrected chi connectivity index (χ4v) is 2.35. The minimum absolute atomic E-state index is 0.0356. The zero-order valence-corrected chi connectivity index (χ0v) is 16.0. The van der Waals surface area contributed by atoms with Gasteiger partial charge in [0.1, 0.15) is 5.78 Å². The van der Waals surface area contributed by atoms with Gasteiger partial charge in [0.25, 0.3) is 0 Å². The molecule has 144 valence electrons. The molecule has 0 saturated heterocycles. The summed E-state index contributed by atoms with van der Waals surface area (Å²) in [7, 11) is 0. The normalized spacial score (nSPS) is 11.5. The highest BCUT2D eigenvalue weighted by Gasteiger charge is 2.14. The quantitative estimate of drug-likeness (QED) is 0.488. The third kappa shape index (κ3) is 13.1. The van der Waals surface area contributed by atoms with Crippen molar-refractivity contribution in [2.45, 2.75) is 72.3 Å². The zero-order valence-electron chi connectivity index (χ0n) is 16.0. The van der Waals surface area contributed by atoms with Crippen molar-refractivity contribution < 1.29 is 19.2 Å². The first kappa shape index (κ1) is 23.1. The molecule has 0 bridgehead atoms. The molecule has 2 N–H and O–H groups in total. The Morgan fingerprint density at radius 2 is 1.64 bits per heavy atom. The molecule has 0 fully saturated rings. The molecule has 0 heterocycles. The molecule has 0 aliphatic rings. The van der Waals surface area contributed by atoms with Crippen molar-refractivity contribution in [1.82, 2.24) is 15.5 Å². The smallest absolute Gasteiger partial charge is 0.239 e. The number of ketones is 1. The third-order valence-corrected chi connectivity index (χ3v) is 3.90. The summed E-state index contributed by atoms with van der Waals surface area (Å²) in [5.41, 5.74) is 0. The van der Waals surface area contributed by atoms with E-state index in [0.29, 0.717) is 32.4 Å². The van der Waals surface area contributed by atoms with E-state index < -0.39 is 0 Å². The Hall–Kier alpha value is -1.92. The van der Waals surface area contributed by atoms with Gasteiger partial charge in [0.05, 0.1) is 6.54 Å². The average Bonchev–Trinajstić information content (AvgIpc) is 2.53. The summed E-state index contributed by atoms with van der Waals surface area (Å²) in [5.74, 6) is -0.180.